The normalized spacial score (nSPS) is 18.5. The fraction of sp³-hybridized carbons (Fsp3) is 0.333. The largest absolute Gasteiger partial charge is 0.352 e. The lowest BCUT2D eigenvalue weighted by molar-refractivity contribution is -0.126. The Hall–Kier alpha value is -2.62. The molecule has 2 atom stereocenters. The van der Waals surface area contributed by atoms with Crippen molar-refractivity contribution in [3.8, 4) is 0 Å². The molecule has 1 aliphatic rings. The molecule has 1 saturated carbocycles. The summed E-state index contributed by atoms with van der Waals surface area (Å²) in [4.78, 5) is 26.8. The number of anilines is 1. The molecule has 2 aromatic carbocycles. The molecule has 1 aliphatic carbocycles. The average molecular weight is 336 g/mol. The minimum atomic E-state index is -0.198. The maximum absolute atomic E-state index is 12.7. The molecule has 0 saturated heterocycles. The van der Waals surface area contributed by atoms with E-state index in [-0.39, 0.29) is 23.7 Å². The highest BCUT2D eigenvalue weighted by Crippen LogP contribution is 2.41. The Balaban J connectivity index is 1.55. The molecule has 0 aromatic heterocycles. The van der Waals surface area contributed by atoms with Gasteiger partial charge in [0.05, 0.1) is 11.8 Å². The van der Waals surface area contributed by atoms with Gasteiger partial charge in [0, 0.05) is 18.8 Å². The molecule has 2 amide bonds. The lowest BCUT2D eigenvalue weighted by atomic mass is 10.1. The van der Waals surface area contributed by atoms with Crippen LogP contribution in [0.3, 0.4) is 0 Å². The predicted octanol–water partition coefficient (Wildman–Crippen LogP) is 3.30. The van der Waals surface area contributed by atoms with Crippen molar-refractivity contribution in [1.29, 1.82) is 0 Å². The number of amides is 2. The standard InChI is InChI=1S/C21H24N2O2/c1-3-23(17-7-5-4-6-8-17)21(25)19-13-18(19)20(24)22-14-16-11-9-15(2)10-12-16/h4-12,18-19H,3,13-14H2,1-2H3,(H,22,24). The van der Waals surface area contributed by atoms with Gasteiger partial charge in [-0.25, -0.2) is 0 Å². The molecule has 0 radical (unpaired) electrons. The van der Waals surface area contributed by atoms with E-state index in [2.05, 4.69) is 5.32 Å². The van der Waals surface area contributed by atoms with Crippen molar-refractivity contribution in [3.05, 3.63) is 65.7 Å². The SMILES string of the molecule is CCN(C(=O)C1CC1C(=O)NCc1ccc(C)cc1)c1ccccc1. The smallest absolute Gasteiger partial charge is 0.230 e. The van der Waals surface area contributed by atoms with Crippen molar-refractivity contribution in [2.45, 2.75) is 26.8 Å². The molecule has 1 fully saturated rings. The van der Waals surface area contributed by atoms with E-state index in [4.69, 9.17) is 0 Å². The molecule has 130 valence electrons. The molecule has 0 heterocycles. The summed E-state index contributed by atoms with van der Waals surface area (Å²) in [6.45, 7) is 5.11. The van der Waals surface area contributed by atoms with E-state index in [1.54, 1.807) is 4.90 Å². The van der Waals surface area contributed by atoms with Crippen LogP contribution in [0.2, 0.25) is 0 Å². The van der Waals surface area contributed by atoms with Gasteiger partial charge in [0.25, 0.3) is 0 Å². The number of hydrogen-bond acceptors (Lipinski definition) is 2. The molecule has 1 N–H and O–H groups in total. The Labute approximate surface area is 148 Å². The van der Waals surface area contributed by atoms with Crippen molar-refractivity contribution in [2.75, 3.05) is 11.4 Å². The van der Waals surface area contributed by atoms with E-state index < -0.39 is 0 Å². The second-order valence-electron chi connectivity index (χ2n) is 6.57. The van der Waals surface area contributed by atoms with Crippen molar-refractivity contribution in [1.82, 2.24) is 5.32 Å². The van der Waals surface area contributed by atoms with E-state index in [1.807, 2.05) is 68.4 Å². The van der Waals surface area contributed by atoms with Gasteiger partial charge in [-0.05, 0) is 38.0 Å². The average Bonchev–Trinajstić information content (AvgIpc) is 3.43. The summed E-state index contributed by atoms with van der Waals surface area (Å²) in [5.41, 5.74) is 3.16. The van der Waals surface area contributed by atoms with E-state index >= 15 is 0 Å². The topological polar surface area (TPSA) is 49.4 Å². The summed E-state index contributed by atoms with van der Waals surface area (Å²) >= 11 is 0. The van der Waals surface area contributed by atoms with Crippen LogP contribution in [0.25, 0.3) is 0 Å². The Morgan fingerprint density at radius 2 is 1.72 bits per heavy atom. The fourth-order valence-electron chi connectivity index (χ4n) is 3.06. The Kier molecular flexibility index (Phi) is 5.17. The highest BCUT2D eigenvalue weighted by atomic mass is 16.2. The number of nitrogens with zero attached hydrogens (tertiary/aromatic N) is 1. The first-order chi connectivity index (χ1) is 12.1. The van der Waals surface area contributed by atoms with Crippen LogP contribution in [0, 0.1) is 18.8 Å². The third kappa shape index (κ3) is 4.08. The number of hydrogen-bond donors (Lipinski definition) is 1. The minimum absolute atomic E-state index is 0.0250. The lowest BCUT2D eigenvalue weighted by Gasteiger charge is -2.21. The molecule has 2 aromatic rings. The first-order valence-electron chi connectivity index (χ1n) is 8.80. The van der Waals surface area contributed by atoms with E-state index in [9.17, 15) is 9.59 Å². The van der Waals surface area contributed by atoms with Gasteiger partial charge in [-0.1, -0.05) is 48.0 Å². The molecule has 0 bridgehead atoms. The molecular weight excluding hydrogens is 312 g/mol. The van der Waals surface area contributed by atoms with Crippen molar-refractivity contribution < 1.29 is 9.59 Å². The second-order valence-corrected chi connectivity index (χ2v) is 6.57. The predicted molar refractivity (Wildman–Crippen MR) is 99.1 cm³/mol. The van der Waals surface area contributed by atoms with Crippen LogP contribution < -0.4 is 10.2 Å². The van der Waals surface area contributed by atoms with E-state index in [1.165, 1.54) is 5.56 Å². The zero-order valence-corrected chi connectivity index (χ0v) is 14.7. The van der Waals surface area contributed by atoms with Crippen LogP contribution in [0.1, 0.15) is 24.5 Å². The Bertz CT molecular complexity index is 740. The number of benzene rings is 2. The first-order valence-corrected chi connectivity index (χ1v) is 8.80. The van der Waals surface area contributed by atoms with Crippen molar-refractivity contribution in [2.24, 2.45) is 11.8 Å². The monoisotopic (exact) mass is 336 g/mol. The first kappa shape index (κ1) is 17.2. The number of carbonyl (C=O) groups is 2. The zero-order valence-electron chi connectivity index (χ0n) is 14.7. The number of aryl methyl sites for hydroxylation is 1. The Morgan fingerprint density at radius 1 is 1.04 bits per heavy atom. The molecule has 4 nitrogen and oxygen atoms in total. The number of rotatable bonds is 6. The van der Waals surface area contributed by atoms with Crippen LogP contribution in [0.15, 0.2) is 54.6 Å². The third-order valence-corrected chi connectivity index (χ3v) is 4.68. The summed E-state index contributed by atoms with van der Waals surface area (Å²) in [5, 5.41) is 2.95. The van der Waals surface area contributed by atoms with Gasteiger partial charge < -0.3 is 10.2 Å². The van der Waals surface area contributed by atoms with Crippen LogP contribution in [-0.2, 0) is 16.1 Å². The van der Waals surface area contributed by atoms with E-state index in [0.29, 0.717) is 19.5 Å². The summed E-state index contributed by atoms with van der Waals surface area (Å²) in [6.07, 6.45) is 0.641. The second kappa shape index (κ2) is 7.51. The fourth-order valence-corrected chi connectivity index (χ4v) is 3.06. The molecule has 25 heavy (non-hydrogen) atoms. The van der Waals surface area contributed by atoms with Gasteiger partial charge in [0.15, 0.2) is 0 Å². The molecular formula is C21H24N2O2. The van der Waals surface area contributed by atoms with E-state index in [0.717, 1.165) is 11.3 Å². The van der Waals surface area contributed by atoms with Gasteiger partial charge >= 0.3 is 0 Å². The molecule has 2 unspecified atom stereocenters. The highest BCUT2D eigenvalue weighted by Gasteiger charge is 2.49. The summed E-state index contributed by atoms with van der Waals surface area (Å²) in [6, 6.07) is 17.7. The molecule has 4 heteroatoms. The zero-order chi connectivity index (χ0) is 17.8. The molecule has 3 rings (SSSR count). The van der Waals surface area contributed by atoms with Crippen LogP contribution in [0.4, 0.5) is 5.69 Å². The van der Waals surface area contributed by atoms with Gasteiger partial charge in [-0.15, -0.1) is 0 Å². The maximum Gasteiger partial charge on any atom is 0.230 e. The minimum Gasteiger partial charge on any atom is -0.352 e. The van der Waals surface area contributed by atoms with Gasteiger partial charge in [-0.2, -0.15) is 0 Å². The van der Waals surface area contributed by atoms with Gasteiger partial charge in [0.2, 0.25) is 11.8 Å². The number of nitrogens with one attached hydrogen (secondary N) is 1. The maximum atomic E-state index is 12.7. The van der Waals surface area contributed by atoms with Crippen molar-refractivity contribution in [3.63, 3.8) is 0 Å². The van der Waals surface area contributed by atoms with Gasteiger partial charge in [0.1, 0.15) is 0 Å². The van der Waals surface area contributed by atoms with Gasteiger partial charge in [-0.3, -0.25) is 9.59 Å². The summed E-state index contributed by atoms with van der Waals surface area (Å²) < 4.78 is 0. The summed E-state index contributed by atoms with van der Waals surface area (Å²) in [5.74, 6) is -0.374. The molecule has 0 aliphatic heterocycles. The van der Waals surface area contributed by atoms with Crippen LogP contribution in [-0.4, -0.2) is 18.4 Å². The quantitative estimate of drug-likeness (QED) is 0.880. The third-order valence-electron chi connectivity index (χ3n) is 4.68. The Morgan fingerprint density at radius 3 is 2.36 bits per heavy atom. The van der Waals surface area contributed by atoms with Crippen LogP contribution >= 0.6 is 0 Å². The van der Waals surface area contributed by atoms with Crippen molar-refractivity contribution >= 4 is 17.5 Å². The van der Waals surface area contributed by atoms with Crippen LogP contribution in [0.5, 0.6) is 0 Å². The lowest BCUT2D eigenvalue weighted by Crippen LogP contribution is -2.34. The highest BCUT2D eigenvalue weighted by molar-refractivity contribution is 6.01. The summed E-state index contributed by atoms with van der Waals surface area (Å²) in [7, 11) is 0. The number of para-hydroxylation sites is 1. The molecule has 0 spiro atoms. The number of carbonyl (C=O) groups excluding carboxylic acids is 2.